The molecule has 0 heterocycles. The molecule has 0 fully saturated rings. The average Bonchev–Trinajstić information content (AvgIpc) is 2.64. The number of ether oxygens (including phenoxy) is 2. The van der Waals surface area contributed by atoms with Gasteiger partial charge in [-0.2, -0.15) is 0 Å². The van der Waals surface area contributed by atoms with Crippen LogP contribution in [0, 0.1) is 0 Å². The van der Waals surface area contributed by atoms with E-state index in [-0.39, 0.29) is 0 Å². The van der Waals surface area contributed by atoms with Crippen molar-refractivity contribution in [1.29, 1.82) is 0 Å². The van der Waals surface area contributed by atoms with Crippen molar-refractivity contribution in [3.8, 4) is 11.5 Å². The minimum Gasteiger partial charge on any atom is -0.493 e. The molecule has 0 aliphatic carbocycles. The lowest BCUT2D eigenvalue weighted by Gasteiger charge is -2.10. The number of para-hydroxylation sites is 1. The van der Waals surface area contributed by atoms with Crippen LogP contribution in [0.4, 0.5) is 0 Å². The van der Waals surface area contributed by atoms with Crippen LogP contribution in [0.1, 0.15) is 15.9 Å². The molecule has 2 aromatic carbocycles. The van der Waals surface area contributed by atoms with E-state index in [1.54, 1.807) is 48.5 Å². The summed E-state index contributed by atoms with van der Waals surface area (Å²) in [6, 6.07) is 11.6. The van der Waals surface area contributed by atoms with Crippen molar-refractivity contribution >= 4 is 29.5 Å². The van der Waals surface area contributed by atoms with Crippen molar-refractivity contribution < 1.29 is 19.1 Å². The zero-order valence-electron chi connectivity index (χ0n) is 13.7. The standard InChI is InChI=1S/C18H17ClN2O4/c1-24-15-5-3-4-12(17(15)25-2)8-11-16(22)20-21-18(23)13-6-9-14(19)10-7-13/h3-11H,1-2H3,(H,20,22)(H,21,23)/b11-8+. The number of nitrogens with one attached hydrogen (secondary N) is 2. The van der Waals surface area contributed by atoms with Crippen LogP contribution in [0.15, 0.2) is 48.5 Å². The zero-order valence-corrected chi connectivity index (χ0v) is 14.5. The van der Waals surface area contributed by atoms with Crippen LogP contribution in [0.25, 0.3) is 6.08 Å². The largest absolute Gasteiger partial charge is 0.493 e. The molecule has 130 valence electrons. The molecule has 0 atom stereocenters. The summed E-state index contributed by atoms with van der Waals surface area (Å²) in [5.41, 5.74) is 5.66. The zero-order chi connectivity index (χ0) is 18.2. The fourth-order valence-corrected chi connectivity index (χ4v) is 2.17. The van der Waals surface area contributed by atoms with E-state index in [0.29, 0.717) is 27.6 Å². The Morgan fingerprint density at radius 3 is 2.36 bits per heavy atom. The summed E-state index contributed by atoms with van der Waals surface area (Å²) >= 11 is 5.76. The number of amides is 2. The Kier molecular flexibility index (Phi) is 6.42. The van der Waals surface area contributed by atoms with Gasteiger partial charge in [-0.05, 0) is 36.4 Å². The Bertz CT molecular complexity index is 788. The highest BCUT2D eigenvalue weighted by Crippen LogP contribution is 2.31. The van der Waals surface area contributed by atoms with Crippen molar-refractivity contribution in [2.75, 3.05) is 14.2 Å². The summed E-state index contributed by atoms with van der Waals surface area (Å²) in [5.74, 6) is 0.130. The predicted octanol–water partition coefficient (Wildman–Crippen LogP) is 2.83. The van der Waals surface area contributed by atoms with Gasteiger partial charge in [-0.3, -0.25) is 20.4 Å². The number of carbonyl (C=O) groups excluding carboxylic acids is 2. The highest BCUT2D eigenvalue weighted by atomic mass is 35.5. The Balaban J connectivity index is 1.97. The second-order valence-corrected chi connectivity index (χ2v) is 5.30. The van der Waals surface area contributed by atoms with E-state index in [2.05, 4.69) is 10.9 Å². The number of benzene rings is 2. The van der Waals surface area contributed by atoms with Gasteiger partial charge in [-0.1, -0.05) is 23.7 Å². The van der Waals surface area contributed by atoms with Crippen molar-refractivity contribution in [2.24, 2.45) is 0 Å². The molecule has 25 heavy (non-hydrogen) atoms. The van der Waals surface area contributed by atoms with Gasteiger partial charge in [0.2, 0.25) is 0 Å². The third-order valence-corrected chi connectivity index (χ3v) is 3.51. The molecule has 0 saturated heterocycles. The molecule has 0 bridgehead atoms. The smallest absolute Gasteiger partial charge is 0.269 e. The average molecular weight is 361 g/mol. The summed E-state index contributed by atoms with van der Waals surface area (Å²) in [4.78, 5) is 23.7. The first-order chi connectivity index (χ1) is 12.0. The number of hydrazine groups is 1. The minimum atomic E-state index is -0.493. The predicted molar refractivity (Wildman–Crippen MR) is 95.6 cm³/mol. The number of hydrogen-bond donors (Lipinski definition) is 2. The quantitative estimate of drug-likeness (QED) is 0.635. The molecule has 6 nitrogen and oxygen atoms in total. The first kappa shape index (κ1) is 18.4. The van der Waals surface area contributed by atoms with Crippen molar-refractivity contribution in [1.82, 2.24) is 10.9 Å². The maximum atomic E-state index is 11.9. The molecule has 0 saturated carbocycles. The summed E-state index contributed by atoms with van der Waals surface area (Å²) in [7, 11) is 3.05. The van der Waals surface area contributed by atoms with Crippen LogP contribution in [0.3, 0.4) is 0 Å². The topological polar surface area (TPSA) is 76.7 Å². The van der Waals surface area contributed by atoms with E-state index in [9.17, 15) is 9.59 Å². The molecule has 2 aromatic rings. The van der Waals surface area contributed by atoms with Crippen LogP contribution in [-0.2, 0) is 4.79 Å². The van der Waals surface area contributed by atoms with Crippen LogP contribution in [0.5, 0.6) is 11.5 Å². The summed E-state index contributed by atoms with van der Waals surface area (Å²) in [6.45, 7) is 0. The third-order valence-electron chi connectivity index (χ3n) is 3.25. The minimum absolute atomic E-state index is 0.378. The van der Waals surface area contributed by atoms with Crippen molar-refractivity contribution in [2.45, 2.75) is 0 Å². The second kappa shape index (κ2) is 8.75. The maximum absolute atomic E-state index is 11.9. The van der Waals surface area contributed by atoms with Gasteiger partial charge in [0.25, 0.3) is 11.8 Å². The molecule has 0 aliphatic rings. The summed E-state index contributed by atoms with van der Waals surface area (Å²) in [6.07, 6.45) is 2.84. The SMILES string of the molecule is COc1cccc(/C=C/C(=O)NNC(=O)c2ccc(Cl)cc2)c1OC. The lowest BCUT2D eigenvalue weighted by Crippen LogP contribution is -2.40. The van der Waals surface area contributed by atoms with E-state index in [1.165, 1.54) is 20.3 Å². The van der Waals surface area contributed by atoms with E-state index in [1.807, 2.05) is 0 Å². The third kappa shape index (κ3) is 4.99. The van der Waals surface area contributed by atoms with Gasteiger partial charge in [0.1, 0.15) is 0 Å². The van der Waals surface area contributed by atoms with E-state index >= 15 is 0 Å². The molecule has 0 aliphatic heterocycles. The number of halogens is 1. The lowest BCUT2D eigenvalue weighted by atomic mass is 10.1. The number of methoxy groups -OCH3 is 2. The molecular formula is C18H17ClN2O4. The molecule has 2 amide bonds. The van der Waals surface area contributed by atoms with E-state index in [4.69, 9.17) is 21.1 Å². The maximum Gasteiger partial charge on any atom is 0.269 e. The number of hydrogen-bond acceptors (Lipinski definition) is 4. The van der Waals surface area contributed by atoms with Crippen LogP contribution < -0.4 is 20.3 Å². The molecular weight excluding hydrogens is 344 g/mol. The van der Waals surface area contributed by atoms with Gasteiger partial charge >= 0.3 is 0 Å². The number of carbonyl (C=O) groups is 2. The first-order valence-electron chi connectivity index (χ1n) is 7.30. The van der Waals surface area contributed by atoms with Crippen LogP contribution in [0.2, 0.25) is 5.02 Å². The van der Waals surface area contributed by atoms with E-state index < -0.39 is 11.8 Å². The highest BCUT2D eigenvalue weighted by molar-refractivity contribution is 6.30. The molecule has 2 N–H and O–H groups in total. The number of rotatable bonds is 5. The Morgan fingerprint density at radius 2 is 1.72 bits per heavy atom. The molecule has 7 heteroatoms. The van der Waals surface area contributed by atoms with Gasteiger partial charge in [-0.15, -0.1) is 0 Å². The van der Waals surface area contributed by atoms with Crippen molar-refractivity contribution in [3.05, 3.63) is 64.7 Å². The summed E-state index contributed by atoms with van der Waals surface area (Å²) < 4.78 is 10.5. The van der Waals surface area contributed by atoms with E-state index in [0.717, 1.165) is 0 Å². The van der Waals surface area contributed by atoms with Crippen LogP contribution >= 0.6 is 11.6 Å². The fraction of sp³-hybridized carbons (Fsp3) is 0.111. The lowest BCUT2D eigenvalue weighted by molar-refractivity contribution is -0.117. The molecule has 0 aromatic heterocycles. The Hall–Kier alpha value is -2.99. The monoisotopic (exact) mass is 360 g/mol. The van der Waals surface area contributed by atoms with Gasteiger partial charge in [0.15, 0.2) is 11.5 Å². The highest BCUT2D eigenvalue weighted by Gasteiger charge is 2.08. The van der Waals surface area contributed by atoms with Crippen LogP contribution in [-0.4, -0.2) is 26.0 Å². The second-order valence-electron chi connectivity index (χ2n) is 4.87. The van der Waals surface area contributed by atoms with Gasteiger partial charge in [0, 0.05) is 22.2 Å². The molecule has 2 rings (SSSR count). The van der Waals surface area contributed by atoms with Gasteiger partial charge in [0.05, 0.1) is 14.2 Å². The normalized spacial score (nSPS) is 10.4. The van der Waals surface area contributed by atoms with Crippen molar-refractivity contribution in [3.63, 3.8) is 0 Å². The molecule has 0 radical (unpaired) electrons. The fourth-order valence-electron chi connectivity index (χ4n) is 2.04. The molecule has 0 spiro atoms. The molecule has 0 unspecified atom stereocenters. The Labute approximate surface area is 150 Å². The Morgan fingerprint density at radius 1 is 1.00 bits per heavy atom. The van der Waals surface area contributed by atoms with Gasteiger partial charge < -0.3 is 9.47 Å². The summed E-state index contributed by atoms with van der Waals surface area (Å²) in [5, 5.41) is 0.524. The van der Waals surface area contributed by atoms with Gasteiger partial charge in [-0.25, -0.2) is 0 Å². The first-order valence-corrected chi connectivity index (χ1v) is 7.68.